The van der Waals surface area contributed by atoms with Crippen molar-refractivity contribution in [1.82, 2.24) is 5.32 Å². The molecule has 1 heterocycles. The minimum atomic E-state index is -0.163. The van der Waals surface area contributed by atoms with Gasteiger partial charge < -0.3 is 10.1 Å². The topological polar surface area (TPSA) is 38.3 Å². The molecule has 0 spiro atoms. The van der Waals surface area contributed by atoms with Crippen molar-refractivity contribution >= 4 is 17.3 Å². The molecule has 1 aromatic heterocycles. The Morgan fingerprint density at radius 1 is 1.56 bits per heavy atom. The smallest absolute Gasteiger partial charge is 0.307 e. The van der Waals surface area contributed by atoms with Crippen LogP contribution in [0.3, 0.4) is 0 Å². The molecule has 102 valence electrons. The Labute approximate surface area is 114 Å². The van der Waals surface area contributed by atoms with Crippen molar-refractivity contribution in [3.8, 4) is 0 Å². The average Bonchev–Trinajstić information content (AvgIpc) is 2.89. The molecule has 0 amide bonds. The second kappa shape index (κ2) is 8.27. The molecule has 3 nitrogen and oxygen atoms in total. The Bertz CT molecular complexity index is 338. The van der Waals surface area contributed by atoms with Crippen molar-refractivity contribution < 1.29 is 9.53 Å². The van der Waals surface area contributed by atoms with E-state index in [4.69, 9.17) is 4.74 Å². The standard InChI is InChI=1S/C14H23NO2S/c1-4-5-7-11(2)15-12(10-14(16)17-3)13-8-6-9-18-13/h6,8-9,11-12,15H,4-5,7,10H2,1-3H3. The minimum absolute atomic E-state index is 0.0734. The first-order chi connectivity index (χ1) is 8.67. The van der Waals surface area contributed by atoms with Crippen molar-refractivity contribution in [1.29, 1.82) is 0 Å². The number of methoxy groups -OCH3 is 1. The third-order valence-corrected chi connectivity index (χ3v) is 3.95. The highest BCUT2D eigenvalue weighted by Crippen LogP contribution is 2.23. The first-order valence-electron chi connectivity index (χ1n) is 6.53. The van der Waals surface area contributed by atoms with Gasteiger partial charge in [-0.3, -0.25) is 4.79 Å². The normalized spacial score (nSPS) is 14.2. The van der Waals surface area contributed by atoms with Crippen LogP contribution in [0, 0.1) is 0 Å². The molecule has 2 unspecified atom stereocenters. The largest absolute Gasteiger partial charge is 0.469 e. The van der Waals surface area contributed by atoms with E-state index in [2.05, 4.69) is 25.2 Å². The number of nitrogens with one attached hydrogen (secondary N) is 1. The van der Waals surface area contributed by atoms with Gasteiger partial charge >= 0.3 is 5.97 Å². The van der Waals surface area contributed by atoms with Crippen molar-refractivity contribution in [2.75, 3.05) is 7.11 Å². The van der Waals surface area contributed by atoms with E-state index >= 15 is 0 Å². The van der Waals surface area contributed by atoms with Crippen LogP contribution < -0.4 is 5.32 Å². The third-order valence-electron chi connectivity index (χ3n) is 2.96. The molecule has 0 saturated carbocycles. The number of hydrogen-bond donors (Lipinski definition) is 1. The zero-order valence-corrected chi connectivity index (χ0v) is 12.3. The second-order valence-electron chi connectivity index (χ2n) is 4.56. The van der Waals surface area contributed by atoms with Crippen LogP contribution in [0.25, 0.3) is 0 Å². The van der Waals surface area contributed by atoms with Crippen molar-refractivity contribution in [3.63, 3.8) is 0 Å². The lowest BCUT2D eigenvalue weighted by Gasteiger charge is -2.21. The highest BCUT2D eigenvalue weighted by molar-refractivity contribution is 7.10. The van der Waals surface area contributed by atoms with Gasteiger partial charge in [-0.05, 0) is 24.8 Å². The van der Waals surface area contributed by atoms with Gasteiger partial charge in [0.1, 0.15) is 0 Å². The molecule has 0 radical (unpaired) electrons. The SMILES string of the molecule is CCCCC(C)NC(CC(=O)OC)c1cccs1. The molecular weight excluding hydrogens is 246 g/mol. The molecule has 0 aliphatic rings. The Hall–Kier alpha value is -0.870. The van der Waals surface area contributed by atoms with E-state index in [-0.39, 0.29) is 12.0 Å². The van der Waals surface area contributed by atoms with Gasteiger partial charge in [0.25, 0.3) is 0 Å². The Morgan fingerprint density at radius 2 is 2.33 bits per heavy atom. The maximum Gasteiger partial charge on any atom is 0.307 e. The molecule has 0 fully saturated rings. The monoisotopic (exact) mass is 269 g/mol. The molecule has 0 aliphatic carbocycles. The summed E-state index contributed by atoms with van der Waals surface area (Å²) in [5, 5.41) is 5.57. The summed E-state index contributed by atoms with van der Waals surface area (Å²) >= 11 is 1.68. The fourth-order valence-corrected chi connectivity index (χ4v) is 2.71. The Kier molecular flexibility index (Phi) is 6.98. The summed E-state index contributed by atoms with van der Waals surface area (Å²) in [7, 11) is 1.44. The molecule has 1 aromatic rings. The molecule has 0 bridgehead atoms. The van der Waals surface area contributed by atoms with Crippen LogP contribution in [-0.2, 0) is 9.53 Å². The quantitative estimate of drug-likeness (QED) is 0.734. The van der Waals surface area contributed by atoms with Crippen molar-refractivity contribution in [2.24, 2.45) is 0 Å². The van der Waals surface area contributed by atoms with E-state index in [0.717, 1.165) is 6.42 Å². The van der Waals surface area contributed by atoms with Crippen molar-refractivity contribution in [3.05, 3.63) is 22.4 Å². The van der Waals surface area contributed by atoms with Crippen LogP contribution in [-0.4, -0.2) is 19.1 Å². The van der Waals surface area contributed by atoms with Gasteiger partial charge in [-0.25, -0.2) is 0 Å². The van der Waals surface area contributed by atoms with Gasteiger partial charge in [0.2, 0.25) is 0 Å². The predicted octanol–water partition coefficient (Wildman–Crippen LogP) is 3.52. The number of thiophene rings is 1. The zero-order chi connectivity index (χ0) is 13.4. The summed E-state index contributed by atoms with van der Waals surface area (Å²) in [6.07, 6.45) is 3.95. The summed E-state index contributed by atoms with van der Waals surface area (Å²) in [4.78, 5) is 12.7. The van der Waals surface area contributed by atoms with Crippen LogP contribution in [0.1, 0.15) is 50.4 Å². The number of unbranched alkanes of at least 4 members (excludes halogenated alkanes) is 1. The maximum absolute atomic E-state index is 11.5. The molecule has 4 heteroatoms. The average molecular weight is 269 g/mol. The van der Waals surface area contributed by atoms with E-state index in [0.29, 0.717) is 12.5 Å². The number of rotatable bonds is 8. The predicted molar refractivity (Wildman–Crippen MR) is 75.8 cm³/mol. The van der Waals surface area contributed by atoms with Gasteiger partial charge in [-0.2, -0.15) is 0 Å². The summed E-state index contributed by atoms with van der Waals surface area (Å²) in [6.45, 7) is 4.37. The number of ether oxygens (including phenoxy) is 1. The second-order valence-corrected chi connectivity index (χ2v) is 5.54. The van der Waals surface area contributed by atoms with Crippen LogP contribution in [0.15, 0.2) is 17.5 Å². The number of carbonyl (C=O) groups excluding carboxylic acids is 1. The lowest BCUT2D eigenvalue weighted by molar-refractivity contribution is -0.141. The summed E-state index contributed by atoms with van der Waals surface area (Å²) in [6, 6.07) is 4.58. The minimum Gasteiger partial charge on any atom is -0.469 e. The van der Waals surface area contributed by atoms with E-state index in [1.54, 1.807) is 11.3 Å². The van der Waals surface area contributed by atoms with E-state index in [1.807, 2.05) is 11.4 Å². The number of hydrogen-bond acceptors (Lipinski definition) is 4. The van der Waals surface area contributed by atoms with E-state index < -0.39 is 0 Å². The van der Waals surface area contributed by atoms with Gasteiger partial charge in [0, 0.05) is 10.9 Å². The van der Waals surface area contributed by atoms with Crippen LogP contribution >= 0.6 is 11.3 Å². The van der Waals surface area contributed by atoms with Gasteiger partial charge in [0.15, 0.2) is 0 Å². The fraction of sp³-hybridized carbons (Fsp3) is 0.643. The molecule has 0 saturated heterocycles. The molecule has 0 aromatic carbocycles. The molecule has 18 heavy (non-hydrogen) atoms. The first kappa shape index (κ1) is 15.2. The lowest BCUT2D eigenvalue weighted by Crippen LogP contribution is -2.31. The van der Waals surface area contributed by atoms with Gasteiger partial charge in [0.05, 0.1) is 19.6 Å². The lowest BCUT2D eigenvalue weighted by atomic mass is 10.1. The van der Waals surface area contributed by atoms with E-state index in [1.165, 1.54) is 24.8 Å². The van der Waals surface area contributed by atoms with Crippen LogP contribution in [0.4, 0.5) is 0 Å². The summed E-state index contributed by atoms with van der Waals surface area (Å²) < 4.78 is 4.77. The van der Waals surface area contributed by atoms with Gasteiger partial charge in [-0.15, -0.1) is 11.3 Å². The molecular formula is C14H23NO2S. The van der Waals surface area contributed by atoms with E-state index in [9.17, 15) is 4.79 Å². The fourth-order valence-electron chi connectivity index (χ4n) is 1.92. The highest BCUT2D eigenvalue weighted by atomic mass is 32.1. The highest BCUT2D eigenvalue weighted by Gasteiger charge is 2.19. The van der Waals surface area contributed by atoms with Crippen LogP contribution in [0.2, 0.25) is 0 Å². The van der Waals surface area contributed by atoms with Crippen LogP contribution in [0.5, 0.6) is 0 Å². The molecule has 2 atom stereocenters. The zero-order valence-electron chi connectivity index (χ0n) is 11.4. The van der Waals surface area contributed by atoms with Crippen molar-refractivity contribution in [2.45, 2.75) is 51.6 Å². The first-order valence-corrected chi connectivity index (χ1v) is 7.41. The van der Waals surface area contributed by atoms with Gasteiger partial charge in [-0.1, -0.05) is 25.8 Å². The summed E-state index contributed by atoms with van der Waals surface area (Å²) in [5.41, 5.74) is 0. The summed E-state index contributed by atoms with van der Waals surface area (Å²) in [5.74, 6) is -0.163. The maximum atomic E-state index is 11.5. The molecule has 0 aliphatic heterocycles. The number of esters is 1. The molecule has 1 rings (SSSR count). The third kappa shape index (κ3) is 5.19. The Balaban J connectivity index is 2.57. The Morgan fingerprint density at radius 3 is 2.89 bits per heavy atom. The number of carbonyl (C=O) groups is 1. The molecule has 1 N–H and O–H groups in total.